The molecule has 0 saturated heterocycles. The normalized spacial score (nSPS) is 11.0. The van der Waals surface area contributed by atoms with E-state index >= 15 is 0 Å². The second kappa shape index (κ2) is 5.13. The van der Waals surface area contributed by atoms with Gasteiger partial charge in [0.2, 0.25) is 0 Å². The van der Waals surface area contributed by atoms with Crippen LogP contribution in [0.5, 0.6) is 0 Å². The molecule has 0 aliphatic carbocycles. The summed E-state index contributed by atoms with van der Waals surface area (Å²) in [5.41, 5.74) is 2.98. The molecular formula is C17H19N3O. The Morgan fingerprint density at radius 3 is 2.48 bits per heavy atom. The second-order valence-corrected chi connectivity index (χ2v) is 5.52. The van der Waals surface area contributed by atoms with Crippen molar-refractivity contribution in [1.29, 1.82) is 0 Å². The van der Waals surface area contributed by atoms with Crippen molar-refractivity contribution in [3.05, 3.63) is 64.7 Å². The molecule has 108 valence electrons. The molecule has 4 heteroatoms. The first-order valence-corrected chi connectivity index (χ1v) is 6.97. The minimum Gasteiger partial charge on any atom is -0.376 e. The summed E-state index contributed by atoms with van der Waals surface area (Å²) < 4.78 is 3.68. The maximum absolute atomic E-state index is 12.7. The van der Waals surface area contributed by atoms with Crippen LogP contribution >= 0.6 is 0 Å². The van der Waals surface area contributed by atoms with Crippen molar-refractivity contribution in [1.82, 2.24) is 9.13 Å². The minimum absolute atomic E-state index is 0.0481. The Balaban J connectivity index is 2.21. The van der Waals surface area contributed by atoms with Crippen LogP contribution < -0.4 is 10.5 Å². The summed E-state index contributed by atoms with van der Waals surface area (Å²) in [6.07, 6.45) is 3.88. The number of aryl methyl sites for hydroxylation is 1. The van der Waals surface area contributed by atoms with Gasteiger partial charge in [-0.1, -0.05) is 30.3 Å². The smallest absolute Gasteiger partial charge is 0.275 e. The Kier molecular flexibility index (Phi) is 3.29. The van der Waals surface area contributed by atoms with Gasteiger partial charge in [-0.2, -0.15) is 0 Å². The van der Waals surface area contributed by atoms with Crippen molar-refractivity contribution >= 4 is 16.6 Å². The number of fused-ring (bicyclic) bond motifs is 1. The Morgan fingerprint density at radius 1 is 1.10 bits per heavy atom. The molecule has 3 aromatic rings. The van der Waals surface area contributed by atoms with Crippen LogP contribution in [0.3, 0.4) is 0 Å². The second-order valence-electron chi connectivity index (χ2n) is 5.52. The van der Waals surface area contributed by atoms with E-state index in [1.54, 1.807) is 4.57 Å². The average Bonchev–Trinajstić information content (AvgIpc) is 2.85. The van der Waals surface area contributed by atoms with E-state index in [-0.39, 0.29) is 5.56 Å². The molecule has 0 radical (unpaired) electrons. The van der Waals surface area contributed by atoms with E-state index in [2.05, 4.69) is 0 Å². The van der Waals surface area contributed by atoms with Gasteiger partial charge in [0.25, 0.3) is 5.56 Å². The van der Waals surface area contributed by atoms with Crippen molar-refractivity contribution in [3.63, 3.8) is 0 Å². The van der Waals surface area contributed by atoms with E-state index in [0.717, 1.165) is 22.2 Å². The third-order valence-electron chi connectivity index (χ3n) is 3.77. The summed E-state index contributed by atoms with van der Waals surface area (Å²) in [6, 6.07) is 12.0. The first-order chi connectivity index (χ1) is 10.1. The van der Waals surface area contributed by atoms with Gasteiger partial charge in [0.05, 0.1) is 12.2 Å². The van der Waals surface area contributed by atoms with E-state index in [4.69, 9.17) is 0 Å². The lowest BCUT2D eigenvalue weighted by atomic mass is 10.2. The third-order valence-corrected chi connectivity index (χ3v) is 3.77. The summed E-state index contributed by atoms with van der Waals surface area (Å²) in [4.78, 5) is 14.8. The zero-order chi connectivity index (χ0) is 15.0. The van der Waals surface area contributed by atoms with Crippen molar-refractivity contribution in [3.8, 4) is 0 Å². The Hall–Kier alpha value is -2.49. The van der Waals surface area contributed by atoms with Gasteiger partial charge in [-0.3, -0.25) is 4.79 Å². The minimum atomic E-state index is 0.0481. The molecule has 2 aromatic heterocycles. The van der Waals surface area contributed by atoms with E-state index in [0.29, 0.717) is 6.54 Å². The van der Waals surface area contributed by atoms with Gasteiger partial charge in [-0.15, -0.1) is 0 Å². The van der Waals surface area contributed by atoms with Gasteiger partial charge in [0.15, 0.2) is 0 Å². The van der Waals surface area contributed by atoms with Gasteiger partial charge >= 0.3 is 0 Å². The maximum Gasteiger partial charge on any atom is 0.275 e. The van der Waals surface area contributed by atoms with Crippen molar-refractivity contribution < 1.29 is 0 Å². The Bertz CT molecular complexity index is 828. The molecule has 0 amide bonds. The quantitative estimate of drug-likeness (QED) is 0.738. The van der Waals surface area contributed by atoms with Gasteiger partial charge < -0.3 is 14.0 Å². The lowest BCUT2D eigenvalue weighted by Crippen LogP contribution is -2.24. The molecule has 0 aliphatic heterocycles. The zero-order valence-electron chi connectivity index (χ0n) is 12.6. The first kappa shape index (κ1) is 13.5. The Labute approximate surface area is 123 Å². The van der Waals surface area contributed by atoms with Crippen LogP contribution in [-0.2, 0) is 13.6 Å². The molecule has 21 heavy (non-hydrogen) atoms. The summed E-state index contributed by atoms with van der Waals surface area (Å²) in [5, 5.41) is 0.997. The molecule has 3 rings (SSSR count). The van der Waals surface area contributed by atoms with Crippen molar-refractivity contribution in [2.24, 2.45) is 7.05 Å². The fourth-order valence-electron chi connectivity index (χ4n) is 2.67. The predicted octanol–water partition coefficient (Wildman–Crippen LogP) is 2.45. The van der Waals surface area contributed by atoms with Crippen LogP contribution in [0, 0.1) is 0 Å². The van der Waals surface area contributed by atoms with Crippen LogP contribution in [0.2, 0.25) is 0 Å². The highest BCUT2D eigenvalue weighted by atomic mass is 16.1. The molecule has 0 fully saturated rings. The molecule has 0 spiro atoms. The molecule has 1 aromatic carbocycles. The monoisotopic (exact) mass is 281 g/mol. The highest BCUT2D eigenvalue weighted by Crippen LogP contribution is 2.23. The maximum atomic E-state index is 12.7. The molecule has 0 aliphatic rings. The van der Waals surface area contributed by atoms with Crippen LogP contribution in [0.15, 0.2) is 53.6 Å². The highest BCUT2D eigenvalue weighted by Gasteiger charge is 2.13. The number of anilines is 1. The summed E-state index contributed by atoms with van der Waals surface area (Å²) >= 11 is 0. The fourth-order valence-corrected chi connectivity index (χ4v) is 2.67. The predicted molar refractivity (Wildman–Crippen MR) is 87.1 cm³/mol. The van der Waals surface area contributed by atoms with Crippen LogP contribution in [0.4, 0.5) is 5.69 Å². The molecule has 0 atom stereocenters. The summed E-state index contributed by atoms with van der Waals surface area (Å²) in [7, 11) is 5.91. The molecule has 4 nitrogen and oxygen atoms in total. The van der Waals surface area contributed by atoms with E-state index < -0.39 is 0 Å². The molecule has 0 N–H and O–H groups in total. The van der Waals surface area contributed by atoms with Crippen molar-refractivity contribution in [2.45, 2.75) is 6.54 Å². The number of hydrogen-bond acceptors (Lipinski definition) is 2. The van der Waals surface area contributed by atoms with Crippen LogP contribution in [-0.4, -0.2) is 23.2 Å². The number of nitrogens with zero attached hydrogens (tertiary/aromatic N) is 3. The van der Waals surface area contributed by atoms with Gasteiger partial charge in [-0.05, 0) is 11.6 Å². The molecule has 2 heterocycles. The van der Waals surface area contributed by atoms with Gasteiger partial charge in [0.1, 0.15) is 5.52 Å². The topological polar surface area (TPSA) is 30.2 Å². The largest absolute Gasteiger partial charge is 0.376 e. The third kappa shape index (κ3) is 2.33. The van der Waals surface area contributed by atoms with Gasteiger partial charge in [0, 0.05) is 38.9 Å². The molecular weight excluding hydrogens is 262 g/mol. The van der Waals surface area contributed by atoms with E-state index in [9.17, 15) is 4.79 Å². The SMILES string of the molecule is CN(C)c1cn(Cc2ccccc2)c(=O)c2c1ccn2C. The van der Waals surface area contributed by atoms with Crippen molar-refractivity contribution in [2.75, 3.05) is 19.0 Å². The first-order valence-electron chi connectivity index (χ1n) is 6.97. The van der Waals surface area contributed by atoms with Crippen LogP contribution in [0.1, 0.15) is 5.56 Å². The molecule has 0 saturated carbocycles. The standard InChI is InChI=1S/C17H19N3O/c1-18(2)15-12-20(11-13-7-5-4-6-8-13)17(21)16-14(15)9-10-19(16)3/h4-10,12H,11H2,1-3H3. The van der Waals surface area contributed by atoms with E-state index in [1.807, 2.05) is 79.4 Å². The number of benzene rings is 1. The van der Waals surface area contributed by atoms with Gasteiger partial charge in [-0.25, -0.2) is 0 Å². The average molecular weight is 281 g/mol. The molecule has 0 bridgehead atoms. The Morgan fingerprint density at radius 2 is 1.81 bits per heavy atom. The number of pyridine rings is 1. The zero-order valence-corrected chi connectivity index (χ0v) is 12.6. The van der Waals surface area contributed by atoms with E-state index in [1.165, 1.54) is 0 Å². The highest BCUT2D eigenvalue weighted by molar-refractivity contribution is 5.91. The summed E-state index contributed by atoms with van der Waals surface area (Å²) in [6.45, 7) is 0.585. The lowest BCUT2D eigenvalue weighted by molar-refractivity contribution is 0.758. The van der Waals surface area contributed by atoms with Crippen LogP contribution in [0.25, 0.3) is 10.9 Å². The number of rotatable bonds is 3. The summed E-state index contributed by atoms with van der Waals surface area (Å²) in [5.74, 6) is 0. The fraction of sp³-hybridized carbons (Fsp3) is 0.235. The number of hydrogen-bond donors (Lipinski definition) is 0. The molecule has 0 unspecified atom stereocenters. The lowest BCUT2D eigenvalue weighted by Gasteiger charge is -2.17. The number of aromatic nitrogens is 2.